The lowest BCUT2D eigenvalue weighted by atomic mass is 9.95. The Morgan fingerprint density at radius 1 is 1.26 bits per heavy atom. The third kappa shape index (κ3) is 4.98. The first-order valence-electron chi connectivity index (χ1n) is 10.8. The molecule has 0 saturated heterocycles. The summed E-state index contributed by atoms with van der Waals surface area (Å²) >= 11 is 7.78. The highest BCUT2D eigenvalue weighted by Crippen LogP contribution is 2.40. The Balaban J connectivity index is 1.74. The maximum absolute atomic E-state index is 13.1. The van der Waals surface area contributed by atoms with Crippen molar-refractivity contribution in [2.24, 2.45) is 0 Å². The van der Waals surface area contributed by atoms with Crippen LogP contribution in [0.15, 0.2) is 77.6 Å². The number of esters is 1. The Morgan fingerprint density at radius 3 is 2.79 bits per heavy atom. The van der Waals surface area contributed by atoms with Gasteiger partial charge < -0.3 is 14.8 Å². The van der Waals surface area contributed by atoms with Crippen LogP contribution < -0.4 is 10.1 Å². The SMILES string of the molecule is C=CCOC(=O)C1=C(C)Nc2nc(SCc3ccccc3Cl)nn2C1c1ccccc1OCC. The molecule has 4 rings (SSSR count). The number of allylic oxidation sites excluding steroid dienone is 1. The topological polar surface area (TPSA) is 78.3 Å². The summed E-state index contributed by atoms with van der Waals surface area (Å²) in [7, 11) is 0. The van der Waals surface area contributed by atoms with Crippen molar-refractivity contribution in [2.75, 3.05) is 18.5 Å². The number of aromatic nitrogens is 3. The van der Waals surface area contributed by atoms with Gasteiger partial charge in [0.1, 0.15) is 18.4 Å². The van der Waals surface area contributed by atoms with Crippen molar-refractivity contribution in [1.82, 2.24) is 14.8 Å². The van der Waals surface area contributed by atoms with E-state index in [-0.39, 0.29) is 6.61 Å². The van der Waals surface area contributed by atoms with Crippen LogP contribution in [0.2, 0.25) is 5.02 Å². The van der Waals surface area contributed by atoms with E-state index in [1.807, 2.05) is 62.4 Å². The van der Waals surface area contributed by atoms with Crippen molar-refractivity contribution < 1.29 is 14.3 Å². The number of ether oxygens (including phenoxy) is 2. The highest BCUT2D eigenvalue weighted by molar-refractivity contribution is 7.98. The van der Waals surface area contributed by atoms with E-state index in [0.29, 0.717) is 45.5 Å². The summed E-state index contributed by atoms with van der Waals surface area (Å²) in [5.41, 5.74) is 2.88. The first kappa shape index (κ1) is 23.9. The molecule has 0 fully saturated rings. The summed E-state index contributed by atoms with van der Waals surface area (Å²) in [6.07, 6.45) is 1.54. The van der Waals surface area contributed by atoms with Crippen LogP contribution in [-0.2, 0) is 15.3 Å². The quantitative estimate of drug-likeness (QED) is 0.233. The van der Waals surface area contributed by atoms with Crippen LogP contribution in [0.4, 0.5) is 5.95 Å². The molecule has 1 aromatic heterocycles. The average molecular weight is 497 g/mol. The number of hydrogen-bond acceptors (Lipinski definition) is 7. The Bertz CT molecular complexity index is 1240. The summed E-state index contributed by atoms with van der Waals surface area (Å²) in [6, 6.07) is 14.7. The first-order valence-corrected chi connectivity index (χ1v) is 12.2. The average Bonchev–Trinajstić information content (AvgIpc) is 3.24. The fraction of sp³-hybridized carbons (Fsp3) is 0.240. The summed E-state index contributed by atoms with van der Waals surface area (Å²) in [4.78, 5) is 17.8. The highest BCUT2D eigenvalue weighted by Gasteiger charge is 2.36. The molecule has 0 radical (unpaired) electrons. The molecule has 7 nitrogen and oxygen atoms in total. The van der Waals surface area contributed by atoms with Crippen LogP contribution in [0.1, 0.15) is 31.0 Å². The van der Waals surface area contributed by atoms with E-state index < -0.39 is 12.0 Å². The second-order valence-electron chi connectivity index (χ2n) is 7.47. The van der Waals surface area contributed by atoms with Crippen molar-refractivity contribution in [3.05, 3.63) is 88.6 Å². The van der Waals surface area contributed by atoms with Gasteiger partial charge in [0, 0.05) is 22.0 Å². The second kappa shape index (κ2) is 10.8. The lowest BCUT2D eigenvalue weighted by Gasteiger charge is -2.29. The minimum Gasteiger partial charge on any atom is -0.494 e. The monoisotopic (exact) mass is 496 g/mol. The first-order chi connectivity index (χ1) is 16.5. The summed E-state index contributed by atoms with van der Waals surface area (Å²) in [6.45, 7) is 7.98. The third-order valence-corrected chi connectivity index (χ3v) is 6.47. The molecule has 0 spiro atoms. The van der Waals surface area contributed by atoms with Gasteiger partial charge in [-0.25, -0.2) is 9.48 Å². The molecule has 1 aliphatic heterocycles. The van der Waals surface area contributed by atoms with Gasteiger partial charge in [-0.1, -0.05) is 72.4 Å². The van der Waals surface area contributed by atoms with Gasteiger partial charge in [0.2, 0.25) is 11.1 Å². The Morgan fingerprint density at radius 2 is 2.03 bits per heavy atom. The Hall–Kier alpha value is -3.23. The molecule has 1 atom stereocenters. The zero-order chi connectivity index (χ0) is 24.1. The number of para-hydroxylation sites is 1. The molecule has 1 aliphatic rings. The van der Waals surface area contributed by atoms with Crippen LogP contribution in [0.25, 0.3) is 0 Å². The van der Waals surface area contributed by atoms with Crippen molar-refractivity contribution in [1.29, 1.82) is 0 Å². The number of anilines is 1. The van der Waals surface area contributed by atoms with Crippen LogP contribution >= 0.6 is 23.4 Å². The van der Waals surface area contributed by atoms with Crippen molar-refractivity contribution in [3.63, 3.8) is 0 Å². The lowest BCUT2D eigenvalue weighted by Crippen LogP contribution is -2.30. The molecule has 2 heterocycles. The highest BCUT2D eigenvalue weighted by atomic mass is 35.5. The normalized spacial score (nSPS) is 14.9. The summed E-state index contributed by atoms with van der Waals surface area (Å²) < 4.78 is 13.0. The molecule has 0 saturated carbocycles. The van der Waals surface area contributed by atoms with Crippen LogP contribution in [0.3, 0.4) is 0 Å². The fourth-order valence-electron chi connectivity index (χ4n) is 3.71. The number of nitrogens with one attached hydrogen (secondary N) is 1. The van der Waals surface area contributed by atoms with Gasteiger partial charge in [-0.05, 0) is 31.5 Å². The minimum absolute atomic E-state index is 0.110. The number of halogens is 1. The van der Waals surface area contributed by atoms with E-state index in [9.17, 15) is 4.79 Å². The molecular weight excluding hydrogens is 472 g/mol. The molecule has 1 unspecified atom stereocenters. The van der Waals surface area contributed by atoms with Crippen LogP contribution in [0.5, 0.6) is 5.75 Å². The van der Waals surface area contributed by atoms with Crippen molar-refractivity contribution >= 4 is 35.3 Å². The molecule has 176 valence electrons. The number of carbonyl (C=O) groups is 1. The van der Waals surface area contributed by atoms with Gasteiger partial charge in [-0.2, -0.15) is 4.98 Å². The number of carbonyl (C=O) groups excluding carboxylic acids is 1. The molecule has 3 aromatic rings. The predicted molar refractivity (Wildman–Crippen MR) is 134 cm³/mol. The smallest absolute Gasteiger partial charge is 0.338 e. The molecular formula is C25H25ClN4O3S. The van der Waals surface area contributed by atoms with Crippen molar-refractivity contribution in [2.45, 2.75) is 30.8 Å². The van der Waals surface area contributed by atoms with Gasteiger partial charge in [0.15, 0.2) is 0 Å². The molecule has 1 N–H and O–H groups in total. The number of rotatable bonds is 9. The summed E-state index contributed by atoms with van der Waals surface area (Å²) in [5, 5.41) is 9.22. The molecule has 34 heavy (non-hydrogen) atoms. The molecule has 0 amide bonds. The van der Waals surface area contributed by atoms with E-state index in [1.165, 1.54) is 17.8 Å². The van der Waals surface area contributed by atoms with Gasteiger partial charge in [-0.15, -0.1) is 5.10 Å². The van der Waals surface area contributed by atoms with Crippen molar-refractivity contribution in [3.8, 4) is 5.75 Å². The van der Waals surface area contributed by atoms with Crippen LogP contribution in [-0.4, -0.2) is 33.9 Å². The molecule has 2 aromatic carbocycles. The second-order valence-corrected chi connectivity index (χ2v) is 8.82. The van der Waals surface area contributed by atoms with E-state index in [4.69, 9.17) is 26.2 Å². The Kier molecular flexibility index (Phi) is 7.59. The largest absolute Gasteiger partial charge is 0.494 e. The lowest BCUT2D eigenvalue weighted by molar-refractivity contribution is -0.138. The summed E-state index contributed by atoms with van der Waals surface area (Å²) in [5.74, 6) is 1.37. The zero-order valence-electron chi connectivity index (χ0n) is 19.0. The molecule has 9 heteroatoms. The van der Waals surface area contributed by atoms with Gasteiger partial charge in [0.05, 0.1) is 12.2 Å². The van der Waals surface area contributed by atoms with E-state index in [2.05, 4.69) is 16.9 Å². The number of thioether (sulfide) groups is 1. The van der Waals surface area contributed by atoms with Crippen LogP contribution in [0, 0.1) is 0 Å². The standard InChI is InChI=1S/C25H25ClN4O3S/c1-4-14-33-23(31)21-16(3)27-24-28-25(34-15-17-10-6-8-12-19(17)26)29-30(24)22(21)18-11-7-9-13-20(18)32-5-2/h4,6-13,22H,1,5,14-15H2,2-3H3,(H,27,28,29). The number of benzene rings is 2. The molecule has 0 bridgehead atoms. The third-order valence-electron chi connectivity index (χ3n) is 5.21. The molecule has 0 aliphatic carbocycles. The van der Waals surface area contributed by atoms with Gasteiger partial charge >= 0.3 is 5.97 Å². The van der Waals surface area contributed by atoms with E-state index in [0.717, 1.165) is 11.1 Å². The zero-order valence-corrected chi connectivity index (χ0v) is 20.5. The predicted octanol–water partition coefficient (Wildman–Crippen LogP) is 5.64. The minimum atomic E-state index is -0.571. The number of fused-ring (bicyclic) bond motifs is 1. The maximum atomic E-state index is 13.1. The van der Waals surface area contributed by atoms with Gasteiger partial charge in [-0.3, -0.25) is 0 Å². The maximum Gasteiger partial charge on any atom is 0.338 e. The Labute approximate surface area is 207 Å². The number of hydrogen-bond donors (Lipinski definition) is 1. The van der Waals surface area contributed by atoms with E-state index >= 15 is 0 Å². The van der Waals surface area contributed by atoms with E-state index in [1.54, 1.807) is 4.68 Å². The van der Waals surface area contributed by atoms with Gasteiger partial charge in [0.25, 0.3) is 0 Å². The fourth-order valence-corrected chi connectivity index (χ4v) is 4.82. The number of nitrogens with zero attached hydrogens (tertiary/aromatic N) is 3.